The SMILES string of the molecule is CO[C@H]1C/C=C\[C@H](O)[C@@H]2CC[C@H]2CN2C[C@@]3(CCCc4cc(Cl)ccc43)COc3ccc(cc32)C(=O)NS(=O)(=O)[C@@H]1C[C@@H]1CCCO1. The van der Waals surface area contributed by atoms with Crippen molar-refractivity contribution in [3.63, 3.8) is 0 Å². The summed E-state index contributed by atoms with van der Waals surface area (Å²) in [5.74, 6) is 0.285. The largest absolute Gasteiger partial charge is 0.490 e. The molecule has 0 unspecified atom stereocenters. The molecule has 1 saturated carbocycles. The lowest BCUT2D eigenvalue weighted by Gasteiger charge is -2.45. The van der Waals surface area contributed by atoms with E-state index in [1.165, 1.54) is 18.2 Å². The number of hydrogen-bond donors (Lipinski definition) is 2. The number of aryl methyl sites for hydroxylation is 1. The number of nitrogens with one attached hydrogen (secondary N) is 1. The van der Waals surface area contributed by atoms with Crippen LogP contribution in [-0.4, -0.2) is 76.4 Å². The van der Waals surface area contributed by atoms with E-state index in [0.29, 0.717) is 32.1 Å². The number of ether oxygens (including phenoxy) is 3. The zero-order valence-corrected chi connectivity index (χ0v) is 28.5. The number of sulfonamides is 1. The first-order valence-electron chi connectivity index (χ1n) is 17.0. The lowest BCUT2D eigenvalue weighted by atomic mass is 9.68. The molecule has 3 aliphatic heterocycles. The lowest BCUT2D eigenvalue weighted by molar-refractivity contribution is 0.0447. The van der Waals surface area contributed by atoms with E-state index in [9.17, 15) is 18.3 Å². The Labute approximate surface area is 282 Å². The summed E-state index contributed by atoms with van der Waals surface area (Å²) in [4.78, 5) is 16.1. The first kappa shape index (κ1) is 32.9. The van der Waals surface area contributed by atoms with Crippen LogP contribution in [0.1, 0.15) is 72.9 Å². The summed E-state index contributed by atoms with van der Waals surface area (Å²) in [5, 5.41) is 11.0. The minimum atomic E-state index is -4.18. The number of methoxy groups -OCH3 is 1. The second-order valence-electron chi connectivity index (χ2n) is 14.1. The van der Waals surface area contributed by atoms with Gasteiger partial charge in [0.25, 0.3) is 5.91 Å². The van der Waals surface area contributed by atoms with Crippen LogP contribution in [0.3, 0.4) is 0 Å². The number of hydrogen-bond acceptors (Lipinski definition) is 8. The molecule has 254 valence electrons. The van der Waals surface area contributed by atoms with Crippen molar-refractivity contribution in [3.8, 4) is 5.75 Å². The van der Waals surface area contributed by atoms with Crippen molar-refractivity contribution in [2.24, 2.45) is 11.8 Å². The van der Waals surface area contributed by atoms with E-state index in [2.05, 4.69) is 21.8 Å². The number of nitrogens with zero attached hydrogens (tertiary/aromatic N) is 1. The predicted molar refractivity (Wildman–Crippen MR) is 181 cm³/mol. The average molecular weight is 685 g/mol. The van der Waals surface area contributed by atoms with Crippen LogP contribution in [0.15, 0.2) is 48.6 Å². The molecule has 47 heavy (non-hydrogen) atoms. The van der Waals surface area contributed by atoms with Crippen LogP contribution in [0.2, 0.25) is 5.02 Å². The van der Waals surface area contributed by atoms with Crippen molar-refractivity contribution in [2.45, 2.75) is 86.8 Å². The standard InChI is InChI=1S/C36H45ClN2O7S/c1-44-33-8-2-7-31(40)28-12-9-25(28)20-39-21-36(15-3-5-23-17-26(37)11-13-29(23)36)22-46-32-14-10-24(18-30(32)39)35(41)38-47(42,43)34(33)19-27-6-4-16-45-27/h2,7,10-11,13-14,17-18,25,27-28,31,33-34,40H,3-6,8-9,12,15-16,19-22H2,1H3,(H,38,41)/b7-2-/t25-,27-,28+,31-,33-,34+,36-/m0/s1. The summed E-state index contributed by atoms with van der Waals surface area (Å²) in [6.45, 7) is 2.43. The molecule has 2 aromatic rings. The van der Waals surface area contributed by atoms with Crippen molar-refractivity contribution in [3.05, 3.63) is 70.3 Å². The zero-order chi connectivity index (χ0) is 32.8. The van der Waals surface area contributed by atoms with Crippen LogP contribution in [-0.2, 0) is 31.3 Å². The number of fused-ring (bicyclic) bond motifs is 4. The van der Waals surface area contributed by atoms with Crippen molar-refractivity contribution in [1.29, 1.82) is 0 Å². The molecule has 3 heterocycles. The monoisotopic (exact) mass is 684 g/mol. The highest BCUT2D eigenvalue weighted by atomic mass is 35.5. The van der Waals surface area contributed by atoms with Gasteiger partial charge in [-0.1, -0.05) is 29.8 Å². The van der Waals surface area contributed by atoms with Gasteiger partial charge in [0.05, 0.1) is 30.6 Å². The van der Waals surface area contributed by atoms with Crippen molar-refractivity contribution in [2.75, 3.05) is 38.3 Å². The molecular weight excluding hydrogens is 640 g/mol. The van der Waals surface area contributed by atoms with Crippen LogP contribution >= 0.6 is 11.6 Å². The van der Waals surface area contributed by atoms with Gasteiger partial charge in [-0.05, 0) is 111 Å². The summed E-state index contributed by atoms with van der Waals surface area (Å²) in [5.41, 5.74) is 3.21. The number of rotatable bonds is 3. The second kappa shape index (κ2) is 13.3. The number of amides is 1. The van der Waals surface area contributed by atoms with Gasteiger partial charge in [-0.2, -0.15) is 0 Å². The first-order valence-corrected chi connectivity index (χ1v) is 18.9. The van der Waals surface area contributed by atoms with Crippen LogP contribution in [0.25, 0.3) is 0 Å². The number of benzene rings is 2. The normalized spacial score (nSPS) is 34.3. The Morgan fingerprint density at radius 2 is 2.02 bits per heavy atom. The molecule has 5 aliphatic rings. The van der Waals surface area contributed by atoms with E-state index in [0.717, 1.165) is 55.7 Å². The number of carbonyl (C=O) groups is 1. The van der Waals surface area contributed by atoms with Gasteiger partial charge in [0.15, 0.2) is 0 Å². The Bertz CT molecular complexity index is 1630. The van der Waals surface area contributed by atoms with Gasteiger partial charge < -0.3 is 24.2 Å². The molecule has 2 bridgehead atoms. The van der Waals surface area contributed by atoms with E-state index in [1.54, 1.807) is 24.3 Å². The van der Waals surface area contributed by atoms with Crippen LogP contribution in [0.4, 0.5) is 5.69 Å². The van der Waals surface area contributed by atoms with E-state index < -0.39 is 33.4 Å². The van der Waals surface area contributed by atoms with E-state index >= 15 is 0 Å². The number of aliphatic hydroxyl groups is 1. The quantitative estimate of drug-likeness (QED) is 0.426. The third-order valence-electron chi connectivity index (χ3n) is 11.2. The Morgan fingerprint density at radius 3 is 2.79 bits per heavy atom. The Morgan fingerprint density at radius 1 is 1.15 bits per heavy atom. The fourth-order valence-electron chi connectivity index (χ4n) is 8.54. The molecular formula is C36H45ClN2O7S. The maximum Gasteiger partial charge on any atom is 0.264 e. The maximum atomic E-state index is 13.9. The molecule has 2 aromatic carbocycles. The fraction of sp³-hybridized carbons (Fsp3) is 0.583. The summed E-state index contributed by atoms with van der Waals surface area (Å²) < 4.78 is 48.4. The number of halogens is 1. The number of anilines is 1. The van der Waals surface area contributed by atoms with Crippen molar-refractivity contribution in [1.82, 2.24) is 4.72 Å². The van der Waals surface area contributed by atoms with Crippen LogP contribution < -0.4 is 14.4 Å². The minimum Gasteiger partial charge on any atom is -0.490 e. The van der Waals surface area contributed by atoms with Gasteiger partial charge in [-0.15, -0.1) is 0 Å². The van der Waals surface area contributed by atoms with Gasteiger partial charge in [-0.25, -0.2) is 13.1 Å². The molecule has 2 aliphatic carbocycles. The molecule has 7 atom stereocenters. The van der Waals surface area contributed by atoms with Gasteiger partial charge >= 0.3 is 0 Å². The molecule has 0 radical (unpaired) electrons. The maximum absolute atomic E-state index is 13.9. The Hall–Kier alpha value is -2.63. The molecule has 1 saturated heterocycles. The summed E-state index contributed by atoms with van der Waals surface area (Å²) in [6.07, 6.45) is 8.95. The molecule has 11 heteroatoms. The summed E-state index contributed by atoms with van der Waals surface area (Å²) in [6, 6.07) is 11.3. The van der Waals surface area contributed by atoms with Gasteiger partial charge in [0, 0.05) is 42.8 Å². The summed E-state index contributed by atoms with van der Waals surface area (Å²) >= 11 is 6.41. The van der Waals surface area contributed by atoms with Gasteiger partial charge in [-0.3, -0.25) is 4.79 Å². The van der Waals surface area contributed by atoms with Crippen LogP contribution in [0, 0.1) is 11.8 Å². The minimum absolute atomic E-state index is 0.0686. The Balaban J connectivity index is 1.27. The van der Waals surface area contributed by atoms with Gasteiger partial charge in [0.1, 0.15) is 11.0 Å². The molecule has 0 aromatic heterocycles. The van der Waals surface area contributed by atoms with E-state index in [1.807, 2.05) is 12.1 Å². The molecule has 1 spiro atoms. The smallest absolute Gasteiger partial charge is 0.264 e. The van der Waals surface area contributed by atoms with Crippen LogP contribution in [0.5, 0.6) is 5.75 Å². The third kappa shape index (κ3) is 6.56. The highest BCUT2D eigenvalue weighted by molar-refractivity contribution is 7.90. The van der Waals surface area contributed by atoms with Crippen molar-refractivity contribution >= 4 is 33.2 Å². The lowest BCUT2D eigenvalue weighted by Crippen LogP contribution is -2.49. The highest BCUT2D eigenvalue weighted by Crippen LogP contribution is 2.47. The topological polar surface area (TPSA) is 114 Å². The third-order valence-corrected chi connectivity index (χ3v) is 13.2. The molecule has 2 fully saturated rings. The van der Waals surface area contributed by atoms with E-state index in [4.69, 9.17) is 25.8 Å². The predicted octanol–water partition coefficient (Wildman–Crippen LogP) is 5.17. The molecule has 1 amide bonds. The fourth-order valence-corrected chi connectivity index (χ4v) is 10.3. The summed E-state index contributed by atoms with van der Waals surface area (Å²) in [7, 11) is -2.69. The molecule has 7 rings (SSSR count). The molecule has 2 N–H and O–H groups in total. The zero-order valence-electron chi connectivity index (χ0n) is 26.9. The first-order chi connectivity index (χ1) is 22.7. The highest BCUT2D eigenvalue weighted by Gasteiger charge is 2.45. The average Bonchev–Trinajstić information content (AvgIpc) is 3.50. The molecule has 9 nitrogen and oxygen atoms in total. The second-order valence-corrected chi connectivity index (χ2v) is 16.4. The van der Waals surface area contributed by atoms with Gasteiger partial charge in [0.2, 0.25) is 10.0 Å². The number of carbonyl (C=O) groups excluding carboxylic acids is 1. The Kier molecular flexibility index (Phi) is 9.34. The van der Waals surface area contributed by atoms with Crippen molar-refractivity contribution < 1.29 is 32.5 Å². The number of aliphatic hydroxyl groups excluding tert-OH is 1. The van der Waals surface area contributed by atoms with E-state index in [-0.39, 0.29) is 41.8 Å².